The second kappa shape index (κ2) is 4.79. The minimum Gasteiger partial charge on any atom is -0.507 e. The van der Waals surface area contributed by atoms with Gasteiger partial charge in [0.05, 0.1) is 11.6 Å². The van der Waals surface area contributed by atoms with Gasteiger partial charge in [-0.3, -0.25) is 0 Å². The summed E-state index contributed by atoms with van der Waals surface area (Å²) < 4.78 is 11.7. The number of fused-ring (bicyclic) bond motifs is 5. The van der Waals surface area contributed by atoms with Crippen LogP contribution in [-0.4, -0.2) is 5.11 Å². The SMILES string of the molecule is Oc1c(C2CCCCC2)c2c3ccccc3oc2c2occc12. The van der Waals surface area contributed by atoms with Gasteiger partial charge < -0.3 is 13.9 Å². The molecule has 2 aromatic carbocycles. The van der Waals surface area contributed by atoms with Crippen molar-refractivity contribution in [1.82, 2.24) is 0 Å². The van der Waals surface area contributed by atoms with Gasteiger partial charge in [0.25, 0.3) is 0 Å². The average Bonchev–Trinajstić information content (AvgIpc) is 3.21. The molecule has 0 saturated heterocycles. The highest BCUT2D eigenvalue weighted by Gasteiger charge is 2.27. The van der Waals surface area contributed by atoms with Crippen molar-refractivity contribution in [2.45, 2.75) is 38.0 Å². The van der Waals surface area contributed by atoms with Gasteiger partial charge in [0, 0.05) is 16.3 Å². The summed E-state index contributed by atoms with van der Waals surface area (Å²) in [6.45, 7) is 0. The van der Waals surface area contributed by atoms with E-state index in [0.29, 0.717) is 17.3 Å². The van der Waals surface area contributed by atoms with Crippen molar-refractivity contribution in [3.63, 3.8) is 0 Å². The second-order valence-corrected chi connectivity index (χ2v) is 6.56. The van der Waals surface area contributed by atoms with Crippen LogP contribution in [0.4, 0.5) is 0 Å². The quantitative estimate of drug-likeness (QED) is 0.463. The Morgan fingerprint density at radius 1 is 0.913 bits per heavy atom. The van der Waals surface area contributed by atoms with E-state index in [9.17, 15) is 5.11 Å². The van der Waals surface area contributed by atoms with Crippen molar-refractivity contribution < 1.29 is 13.9 Å². The van der Waals surface area contributed by atoms with Gasteiger partial charge in [-0.05, 0) is 30.9 Å². The molecule has 0 amide bonds. The average molecular weight is 306 g/mol. The van der Waals surface area contributed by atoms with Gasteiger partial charge in [-0.2, -0.15) is 0 Å². The molecular formula is C20H18O3. The fraction of sp³-hybridized carbons (Fsp3) is 0.300. The van der Waals surface area contributed by atoms with Gasteiger partial charge >= 0.3 is 0 Å². The molecule has 0 atom stereocenters. The third kappa shape index (κ3) is 1.76. The highest BCUT2D eigenvalue weighted by molar-refractivity contribution is 6.17. The minimum atomic E-state index is 0.375. The molecule has 1 saturated carbocycles. The lowest BCUT2D eigenvalue weighted by Crippen LogP contribution is -2.05. The van der Waals surface area contributed by atoms with Crippen LogP contribution in [0, 0.1) is 0 Å². The van der Waals surface area contributed by atoms with Crippen LogP contribution >= 0.6 is 0 Å². The molecule has 1 fully saturated rings. The van der Waals surface area contributed by atoms with E-state index in [1.807, 2.05) is 24.3 Å². The molecule has 0 radical (unpaired) electrons. The molecule has 0 spiro atoms. The molecule has 5 rings (SSSR count). The lowest BCUT2D eigenvalue weighted by Gasteiger charge is -2.23. The number of hydrogen-bond donors (Lipinski definition) is 1. The van der Waals surface area contributed by atoms with E-state index in [1.165, 1.54) is 19.3 Å². The maximum atomic E-state index is 11.0. The summed E-state index contributed by atoms with van der Waals surface area (Å²) in [6, 6.07) is 9.88. The van der Waals surface area contributed by atoms with Gasteiger partial charge in [-0.15, -0.1) is 0 Å². The molecule has 1 aliphatic rings. The Hall–Kier alpha value is -2.42. The normalized spacial score (nSPS) is 16.7. The Morgan fingerprint density at radius 2 is 1.74 bits per heavy atom. The molecule has 4 aromatic rings. The lowest BCUT2D eigenvalue weighted by molar-refractivity contribution is 0.419. The Kier molecular flexibility index (Phi) is 2.72. The summed E-state index contributed by atoms with van der Waals surface area (Å²) in [5.41, 5.74) is 3.32. The van der Waals surface area contributed by atoms with Gasteiger partial charge in [0.1, 0.15) is 11.3 Å². The first-order chi connectivity index (χ1) is 11.3. The predicted molar refractivity (Wildman–Crippen MR) is 91.0 cm³/mol. The zero-order valence-corrected chi connectivity index (χ0v) is 12.8. The lowest BCUT2D eigenvalue weighted by atomic mass is 9.81. The fourth-order valence-electron chi connectivity index (χ4n) is 4.20. The van der Waals surface area contributed by atoms with Gasteiger partial charge in [-0.1, -0.05) is 37.5 Å². The van der Waals surface area contributed by atoms with Gasteiger partial charge in [0.2, 0.25) is 0 Å². The molecule has 3 nitrogen and oxygen atoms in total. The summed E-state index contributed by atoms with van der Waals surface area (Å²) in [7, 11) is 0. The van der Waals surface area contributed by atoms with E-state index in [4.69, 9.17) is 8.83 Å². The zero-order valence-electron chi connectivity index (χ0n) is 12.8. The number of rotatable bonds is 1. The molecule has 1 N–H and O–H groups in total. The number of phenolic OH excluding ortho intramolecular Hbond substituents is 1. The molecule has 2 heterocycles. The van der Waals surface area contributed by atoms with Crippen LogP contribution in [0.25, 0.3) is 32.9 Å². The van der Waals surface area contributed by atoms with Crippen molar-refractivity contribution >= 4 is 32.9 Å². The van der Waals surface area contributed by atoms with E-state index in [2.05, 4.69) is 6.07 Å². The first kappa shape index (κ1) is 13.1. The zero-order chi connectivity index (χ0) is 15.4. The maximum Gasteiger partial charge on any atom is 0.180 e. The number of furan rings is 2. The van der Waals surface area contributed by atoms with Crippen LogP contribution in [0.3, 0.4) is 0 Å². The molecule has 3 heteroatoms. The molecule has 1 aliphatic carbocycles. The summed E-state index contributed by atoms with van der Waals surface area (Å²) in [6.07, 6.45) is 7.63. The van der Waals surface area contributed by atoms with E-state index >= 15 is 0 Å². The standard InChI is InChI=1S/C20H18O3/c21-18-14-10-11-22-19(14)20-17(13-8-4-5-9-15(13)23-20)16(18)12-6-2-1-3-7-12/h4-5,8-12,21H,1-3,6-7H2. The highest BCUT2D eigenvalue weighted by Crippen LogP contribution is 2.48. The summed E-state index contributed by atoms with van der Waals surface area (Å²) in [5.74, 6) is 0.770. The summed E-state index contributed by atoms with van der Waals surface area (Å²) >= 11 is 0. The third-order valence-electron chi connectivity index (χ3n) is 5.26. The largest absolute Gasteiger partial charge is 0.507 e. The second-order valence-electron chi connectivity index (χ2n) is 6.56. The number of para-hydroxylation sites is 1. The van der Waals surface area contributed by atoms with E-state index in [-0.39, 0.29) is 0 Å². The number of benzene rings is 2. The topological polar surface area (TPSA) is 46.5 Å². The number of hydrogen-bond acceptors (Lipinski definition) is 3. The van der Waals surface area contributed by atoms with Crippen LogP contribution in [0.15, 0.2) is 45.4 Å². The van der Waals surface area contributed by atoms with E-state index in [0.717, 1.165) is 45.7 Å². The van der Waals surface area contributed by atoms with Crippen molar-refractivity contribution in [2.24, 2.45) is 0 Å². The molecular weight excluding hydrogens is 288 g/mol. The third-order valence-corrected chi connectivity index (χ3v) is 5.26. The Labute approximate surface area is 133 Å². The van der Waals surface area contributed by atoms with Crippen LogP contribution in [0.1, 0.15) is 43.6 Å². The monoisotopic (exact) mass is 306 g/mol. The first-order valence-corrected chi connectivity index (χ1v) is 8.38. The molecule has 0 bridgehead atoms. The fourth-order valence-corrected chi connectivity index (χ4v) is 4.20. The number of aromatic hydroxyl groups is 1. The van der Waals surface area contributed by atoms with Crippen molar-refractivity contribution in [1.29, 1.82) is 0 Å². The summed E-state index contributed by atoms with van der Waals surface area (Å²) in [5, 5.41) is 13.8. The highest BCUT2D eigenvalue weighted by atomic mass is 16.4. The van der Waals surface area contributed by atoms with Crippen LogP contribution in [0.2, 0.25) is 0 Å². The van der Waals surface area contributed by atoms with Crippen molar-refractivity contribution in [2.75, 3.05) is 0 Å². The minimum absolute atomic E-state index is 0.375. The molecule has 2 aromatic heterocycles. The van der Waals surface area contributed by atoms with Gasteiger partial charge in [0.15, 0.2) is 11.2 Å². The molecule has 0 unspecified atom stereocenters. The molecule has 23 heavy (non-hydrogen) atoms. The Morgan fingerprint density at radius 3 is 2.61 bits per heavy atom. The number of phenols is 1. The Bertz CT molecular complexity index is 1020. The van der Waals surface area contributed by atoms with Gasteiger partial charge in [-0.25, -0.2) is 0 Å². The Balaban J connectivity index is 1.97. The molecule has 0 aliphatic heterocycles. The first-order valence-electron chi connectivity index (χ1n) is 8.38. The van der Waals surface area contributed by atoms with E-state index in [1.54, 1.807) is 6.26 Å². The van der Waals surface area contributed by atoms with Crippen molar-refractivity contribution in [3.05, 3.63) is 42.2 Å². The maximum absolute atomic E-state index is 11.0. The van der Waals surface area contributed by atoms with Crippen LogP contribution < -0.4 is 0 Å². The summed E-state index contributed by atoms with van der Waals surface area (Å²) in [4.78, 5) is 0. The van der Waals surface area contributed by atoms with Crippen molar-refractivity contribution in [3.8, 4) is 5.75 Å². The van der Waals surface area contributed by atoms with Crippen LogP contribution in [0.5, 0.6) is 5.75 Å². The predicted octanol–water partition coefficient (Wildman–Crippen LogP) is 6.09. The smallest absolute Gasteiger partial charge is 0.180 e. The molecule has 116 valence electrons. The van der Waals surface area contributed by atoms with E-state index < -0.39 is 0 Å². The van der Waals surface area contributed by atoms with Crippen LogP contribution in [-0.2, 0) is 0 Å².